The minimum atomic E-state index is -0.358. The van der Waals surface area contributed by atoms with Gasteiger partial charge < -0.3 is 55.5 Å². The summed E-state index contributed by atoms with van der Waals surface area (Å²) in [5, 5.41) is 3.32. The molecular formula is C30H55CaNO11. The number of carbonyl (C=O) groups is 1. The smallest absolute Gasteiger partial charge is 1.00 e. The van der Waals surface area contributed by atoms with Gasteiger partial charge in [0.2, 0.25) is 0 Å². The van der Waals surface area contributed by atoms with E-state index >= 15 is 0 Å². The zero-order chi connectivity index (χ0) is 30.2. The second kappa shape index (κ2) is 34.3. The average Bonchev–Trinajstić information content (AvgIpc) is 3.01. The van der Waals surface area contributed by atoms with Crippen LogP contribution in [0.15, 0.2) is 24.3 Å². The summed E-state index contributed by atoms with van der Waals surface area (Å²) in [6, 6.07) is 7.29. The number of anilines is 1. The molecule has 0 radical (unpaired) electrons. The molecule has 0 fully saturated rings. The molecule has 0 saturated heterocycles. The molecule has 1 rings (SSSR count). The Hall–Kier alpha value is -0.610. The molecule has 1 aromatic rings. The van der Waals surface area contributed by atoms with Crippen LogP contribution in [0.2, 0.25) is 0 Å². The van der Waals surface area contributed by atoms with Crippen molar-refractivity contribution in [3.63, 3.8) is 0 Å². The molecule has 0 aliphatic rings. The van der Waals surface area contributed by atoms with Crippen LogP contribution in [0.4, 0.5) is 5.69 Å². The van der Waals surface area contributed by atoms with Crippen LogP contribution in [-0.4, -0.2) is 176 Å². The third-order valence-corrected chi connectivity index (χ3v) is 5.48. The van der Waals surface area contributed by atoms with E-state index in [1.54, 1.807) is 19.2 Å². The van der Waals surface area contributed by atoms with E-state index in [1.165, 1.54) is 0 Å². The molecule has 0 unspecified atom stereocenters. The normalized spacial score (nSPS) is 10.9. The minimum absolute atomic E-state index is 0. The van der Waals surface area contributed by atoms with Crippen LogP contribution in [0.5, 0.6) is 0 Å². The number of nitrogens with one attached hydrogen (secondary N) is 1. The van der Waals surface area contributed by atoms with Crippen molar-refractivity contribution in [2.45, 2.75) is 19.8 Å². The Morgan fingerprint density at radius 2 is 0.930 bits per heavy atom. The molecule has 0 heterocycles. The Morgan fingerprint density at radius 3 is 1.28 bits per heavy atom. The summed E-state index contributed by atoms with van der Waals surface area (Å²) in [4.78, 5) is 12.1. The maximum atomic E-state index is 12.1. The molecule has 0 aliphatic carbocycles. The Labute approximate surface area is 290 Å². The van der Waals surface area contributed by atoms with Gasteiger partial charge in [-0.15, -0.1) is 0 Å². The Morgan fingerprint density at radius 1 is 0.581 bits per heavy atom. The number of rotatable bonds is 32. The van der Waals surface area contributed by atoms with Crippen LogP contribution in [-0.2, 0) is 47.4 Å². The summed E-state index contributed by atoms with van der Waals surface area (Å²) in [6.07, 6.45) is 2.25. The molecule has 1 N–H and O–H groups in total. The van der Waals surface area contributed by atoms with Crippen molar-refractivity contribution in [2.75, 3.05) is 138 Å². The number of unbranched alkanes of at least 4 members (excludes halogenated alkanes) is 1. The zero-order valence-electron chi connectivity index (χ0n) is 28.4. The number of ether oxygens (including phenoxy) is 10. The monoisotopic (exact) mass is 645 g/mol. The first-order valence-corrected chi connectivity index (χ1v) is 14.9. The summed E-state index contributed by atoms with van der Waals surface area (Å²) in [5.41, 5.74) is 1.52. The number of methoxy groups -OCH3 is 1. The average molecular weight is 646 g/mol. The van der Waals surface area contributed by atoms with Gasteiger partial charge in [0.15, 0.2) is 0 Å². The summed E-state index contributed by atoms with van der Waals surface area (Å²) in [7, 11) is 1.64. The Bertz CT molecular complexity index is 728. The molecular weight excluding hydrogens is 590 g/mol. The third kappa shape index (κ3) is 28.6. The molecule has 0 aromatic heterocycles. The molecule has 0 spiro atoms. The fourth-order valence-corrected chi connectivity index (χ4v) is 3.19. The summed E-state index contributed by atoms with van der Waals surface area (Å²) in [5.74, 6) is -0.358. The first-order valence-electron chi connectivity index (χ1n) is 14.9. The molecule has 0 atom stereocenters. The van der Waals surface area contributed by atoms with E-state index in [-0.39, 0.29) is 53.2 Å². The summed E-state index contributed by atoms with van der Waals surface area (Å²) >= 11 is 0. The minimum Gasteiger partial charge on any atom is -1.00 e. The topological polar surface area (TPSA) is 121 Å². The van der Waals surface area contributed by atoms with Crippen LogP contribution >= 0.6 is 0 Å². The third-order valence-electron chi connectivity index (χ3n) is 5.48. The predicted molar refractivity (Wildman–Crippen MR) is 167 cm³/mol. The van der Waals surface area contributed by atoms with Crippen molar-refractivity contribution in [1.82, 2.24) is 0 Å². The van der Waals surface area contributed by atoms with Crippen molar-refractivity contribution < 1.29 is 55.0 Å². The number of esters is 1. The van der Waals surface area contributed by atoms with Crippen molar-refractivity contribution >= 4 is 49.4 Å². The summed E-state index contributed by atoms with van der Waals surface area (Å²) < 4.78 is 53.5. The molecule has 12 nitrogen and oxygen atoms in total. The fourth-order valence-electron chi connectivity index (χ4n) is 3.19. The van der Waals surface area contributed by atoms with Gasteiger partial charge in [0.25, 0.3) is 0 Å². The van der Waals surface area contributed by atoms with E-state index in [2.05, 4.69) is 12.2 Å². The maximum absolute atomic E-state index is 12.1. The van der Waals surface area contributed by atoms with Gasteiger partial charge in [-0.3, -0.25) is 0 Å². The van der Waals surface area contributed by atoms with Crippen LogP contribution in [0.25, 0.3) is 0 Å². The number of hydrogen-bond donors (Lipinski definition) is 1. The summed E-state index contributed by atoms with van der Waals surface area (Å²) in [6.45, 7) is 11.7. The van der Waals surface area contributed by atoms with Gasteiger partial charge >= 0.3 is 43.7 Å². The zero-order valence-corrected chi connectivity index (χ0v) is 28.6. The van der Waals surface area contributed by atoms with E-state index in [0.717, 1.165) is 25.1 Å². The van der Waals surface area contributed by atoms with Crippen molar-refractivity contribution in [3.8, 4) is 0 Å². The largest absolute Gasteiger partial charge is 2.00 e. The van der Waals surface area contributed by atoms with Crippen LogP contribution < -0.4 is 5.32 Å². The van der Waals surface area contributed by atoms with Gasteiger partial charge in [-0.1, -0.05) is 13.3 Å². The molecule has 0 amide bonds. The van der Waals surface area contributed by atoms with Gasteiger partial charge in [-0.05, 0) is 30.7 Å². The number of carbonyl (C=O) groups excluding carboxylic acids is 1. The maximum Gasteiger partial charge on any atom is 2.00 e. The van der Waals surface area contributed by atoms with Crippen molar-refractivity contribution in [2.24, 2.45) is 0 Å². The van der Waals surface area contributed by atoms with E-state index in [1.807, 2.05) is 12.1 Å². The van der Waals surface area contributed by atoms with Crippen molar-refractivity contribution in [3.05, 3.63) is 29.8 Å². The van der Waals surface area contributed by atoms with Gasteiger partial charge in [0.05, 0.1) is 118 Å². The van der Waals surface area contributed by atoms with Gasteiger partial charge in [-0.25, -0.2) is 4.79 Å². The fraction of sp³-hybridized carbons (Fsp3) is 0.767. The van der Waals surface area contributed by atoms with E-state index in [9.17, 15) is 4.79 Å². The molecule has 43 heavy (non-hydrogen) atoms. The number of hydrogen-bond acceptors (Lipinski definition) is 12. The van der Waals surface area contributed by atoms with Gasteiger partial charge in [0.1, 0.15) is 6.61 Å². The Balaban J connectivity index is -0.00000588. The molecule has 0 aliphatic heterocycles. The second-order valence-corrected chi connectivity index (χ2v) is 8.89. The first kappa shape index (κ1) is 42.4. The second-order valence-electron chi connectivity index (χ2n) is 8.89. The van der Waals surface area contributed by atoms with Crippen LogP contribution in [0.3, 0.4) is 0 Å². The van der Waals surface area contributed by atoms with Gasteiger partial charge in [0, 0.05) is 19.3 Å². The molecule has 1 aromatic carbocycles. The molecule has 0 saturated carbocycles. The standard InChI is InChI=1S/C30H53NO11.Ca.2H/c1-3-4-9-31-29-7-5-28(6-8-29)30(32)42-27-26-41-25-24-40-23-22-39-21-20-38-19-18-37-17-16-36-15-14-35-13-12-34-11-10-33-2;;;/h5-8,31H,3-4,9-27H2,1-2H3;;;/q;+2;2*-1. The molecule has 248 valence electrons. The molecule has 13 heteroatoms. The van der Waals surface area contributed by atoms with Crippen molar-refractivity contribution in [1.29, 1.82) is 0 Å². The van der Waals surface area contributed by atoms with E-state index < -0.39 is 0 Å². The number of benzene rings is 1. The van der Waals surface area contributed by atoms with Crippen LogP contribution in [0, 0.1) is 0 Å². The molecule has 0 bridgehead atoms. The SMILES string of the molecule is CCCCNc1ccc(C(=O)OCCOCCOCCOCCOCCOCCOCCOCCOCCOC)cc1.[Ca+2].[H-].[H-]. The van der Waals surface area contributed by atoms with Gasteiger partial charge in [-0.2, -0.15) is 0 Å². The Kier molecular flexibility index (Phi) is 33.8. The first-order chi connectivity index (χ1) is 20.8. The quantitative estimate of drug-likeness (QED) is 0.0705. The predicted octanol–water partition coefficient (Wildman–Crippen LogP) is 2.68. The van der Waals surface area contributed by atoms with Crippen LogP contribution in [0.1, 0.15) is 33.0 Å². The van der Waals surface area contributed by atoms with E-state index in [0.29, 0.717) is 118 Å². The van der Waals surface area contributed by atoms with E-state index in [4.69, 9.17) is 47.4 Å².